The SMILES string of the molecule is C[C@@]12CC[C@H]3[C@@H](CC[C@H]4CC(=O)CC[C@]43C)[C@H]1CC[C@@H]2O[C@@H]1CCCCO1. The van der Waals surface area contributed by atoms with Gasteiger partial charge in [0, 0.05) is 19.4 Å². The molecule has 5 rings (SSSR count). The summed E-state index contributed by atoms with van der Waals surface area (Å²) < 4.78 is 12.5. The molecule has 3 heteroatoms. The van der Waals surface area contributed by atoms with E-state index in [0.717, 1.165) is 50.0 Å². The van der Waals surface area contributed by atoms with Crippen LogP contribution in [0.2, 0.25) is 0 Å². The third-order valence-corrected chi connectivity index (χ3v) is 9.85. The third-order valence-electron chi connectivity index (χ3n) is 9.85. The van der Waals surface area contributed by atoms with Crippen LogP contribution in [0.15, 0.2) is 0 Å². The zero-order valence-corrected chi connectivity index (χ0v) is 17.4. The lowest BCUT2D eigenvalue weighted by atomic mass is 9.45. The number of hydrogen-bond acceptors (Lipinski definition) is 3. The van der Waals surface area contributed by atoms with E-state index in [9.17, 15) is 4.79 Å². The lowest BCUT2D eigenvalue weighted by Crippen LogP contribution is -2.54. The van der Waals surface area contributed by atoms with Crippen LogP contribution in [0.1, 0.15) is 90.9 Å². The van der Waals surface area contributed by atoms with Crippen molar-refractivity contribution < 1.29 is 14.3 Å². The Balaban J connectivity index is 1.33. The van der Waals surface area contributed by atoms with Gasteiger partial charge in [-0.2, -0.15) is 0 Å². The van der Waals surface area contributed by atoms with Crippen LogP contribution in [0, 0.1) is 34.5 Å². The summed E-state index contributed by atoms with van der Waals surface area (Å²) in [5.74, 6) is 3.71. The van der Waals surface area contributed by atoms with Gasteiger partial charge in [-0.3, -0.25) is 4.79 Å². The van der Waals surface area contributed by atoms with Crippen LogP contribution in [-0.2, 0) is 14.3 Å². The average Bonchev–Trinajstić information content (AvgIpc) is 3.00. The molecule has 5 fully saturated rings. The van der Waals surface area contributed by atoms with Crippen LogP contribution in [0.5, 0.6) is 0 Å². The van der Waals surface area contributed by atoms with Crippen molar-refractivity contribution in [2.75, 3.05) is 6.61 Å². The van der Waals surface area contributed by atoms with Crippen LogP contribution < -0.4 is 0 Å². The Labute approximate surface area is 164 Å². The second-order valence-corrected chi connectivity index (χ2v) is 10.9. The highest BCUT2D eigenvalue weighted by Gasteiger charge is 2.60. The van der Waals surface area contributed by atoms with Gasteiger partial charge in [0.15, 0.2) is 6.29 Å². The lowest BCUT2D eigenvalue weighted by molar-refractivity contribution is -0.218. The summed E-state index contributed by atoms with van der Waals surface area (Å²) in [5, 5.41) is 0. The maximum absolute atomic E-state index is 12.1. The maximum atomic E-state index is 12.1. The standard InChI is InChI=1S/C24H38O3/c1-23-12-10-17(25)15-16(23)6-7-18-19-8-9-21(24(19,2)13-11-20(18)23)27-22-5-3-4-14-26-22/h16,18-22H,3-15H2,1-2H3/t16-,18-,19+,20-,21-,22+,23+,24+/m0/s1. The summed E-state index contributed by atoms with van der Waals surface area (Å²) in [4.78, 5) is 12.1. The van der Waals surface area contributed by atoms with E-state index >= 15 is 0 Å². The summed E-state index contributed by atoms with van der Waals surface area (Å²) in [6, 6.07) is 0. The Hall–Kier alpha value is -0.410. The number of ketones is 1. The number of carbonyl (C=O) groups excluding carboxylic acids is 1. The van der Waals surface area contributed by atoms with Gasteiger partial charge in [-0.05, 0) is 98.7 Å². The fourth-order valence-electron chi connectivity index (χ4n) is 8.22. The predicted octanol–water partition coefficient (Wildman–Crippen LogP) is 5.51. The van der Waals surface area contributed by atoms with E-state index in [4.69, 9.17) is 9.47 Å². The molecule has 1 heterocycles. The first-order valence-corrected chi connectivity index (χ1v) is 11.8. The van der Waals surface area contributed by atoms with E-state index in [2.05, 4.69) is 13.8 Å². The van der Waals surface area contributed by atoms with Crippen molar-refractivity contribution in [2.24, 2.45) is 34.5 Å². The quantitative estimate of drug-likeness (QED) is 0.639. The second kappa shape index (κ2) is 6.83. The van der Waals surface area contributed by atoms with Crippen molar-refractivity contribution in [3.63, 3.8) is 0 Å². The molecule has 0 N–H and O–H groups in total. The topological polar surface area (TPSA) is 35.5 Å². The van der Waals surface area contributed by atoms with Gasteiger partial charge in [-0.15, -0.1) is 0 Å². The molecule has 0 radical (unpaired) electrons. The Morgan fingerprint density at radius 1 is 0.926 bits per heavy atom. The second-order valence-electron chi connectivity index (χ2n) is 10.9. The highest BCUT2D eigenvalue weighted by Crippen LogP contribution is 2.66. The van der Waals surface area contributed by atoms with E-state index in [1.165, 1.54) is 51.4 Å². The summed E-state index contributed by atoms with van der Waals surface area (Å²) in [6.45, 7) is 5.95. The molecule has 0 aromatic heterocycles. The number of ether oxygens (including phenoxy) is 2. The van der Waals surface area contributed by atoms with Crippen molar-refractivity contribution in [1.29, 1.82) is 0 Å². The molecule has 0 unspecified atom stereocenters. The molecule has 5 aliphatic rings. The van der Waals surface area contributed by atoms with E-state index in [0.29, 0.717) is 28.6 Å². The molecule has 4 saturated carbocycles. The van der Waals surface area contributed by atoms with Gasteiger partial charge >= 0.3 is 0 Å². The van der Waals surface area contributed by atoms with Crippen molar-refractivity contribution in [3.05, 3.63) is 0 Å². The van der Waals surface area contributed by atoms with E-state index in [1.54, 1.807) is 0 Å². The molecule has 1 saturated heterocycles. The van der Waals surface area contributed by atoms with E-state index in [1.807, 2.05) is 0 Å². The number of hydrogen-bond donors (Lipinski definition) is 0. The molecule has 8 atom stereocenters. The predicted molar refractivity (Wildman–Crippen MR) is 105 cm³/mol. The molecular weight excluding hydrogens is 336 g/mol. The molecule has 3 nitrogen and oxygen atoms in total. The molecule has 0 bridgehead atoms. The molecule has 152 valence electrons. The third kappa shape index (κ3) is 2.94. The van der Waals surface area contributed by atoms with E-state index < -0.39 is 0 Å². The minimum Gasteiger partial charge on any atom is -0.353 e. The summed E-state index contributed by atoms with van der Waals surface area (Å²) in [5.41, 5.74) is 0.763. The zero-order valence-electron chi connectivity index (χ0n) is 17.4. The van der Waals surface area contributed by atoms with Crippen LogP contribution in [0.3, 0.4) is 0 Å². The average molecular weight is 375 g/mol. The highest BCUT2D eigenvalue weighted by molar-refractivity contribution is 5.79. The molecule has 4 aliphatic carbocycles. The van der Waals surface area contributed by atoms with Crippen molar-refractivity contribution in [2.45, 2.75) is 103 Å². The van der Waals surface area contributed by atoms with Gasteiger partial charge < -0.3 is 9.47 Å². The van der Waals surface area contributed by atoms with Crippen LogP contribution in [-0.4, -0.2) is 24.8 Å². The Bertz CT molecular complexity index is 582. The number of fused-ring (bicyclic) bond motifs is 5. The highest BCUT2D eigenvalue weighted by atomic mass is 16.7. The molecule has 1 aliphatic heterocycles. The van der Waals surface area contributed by atoms with Gasteiger partial charge in [0.05, 0.1) is 6.10 Å². The lowest BCUT2D eigenvalue weighted by Gasteiger charge is -2.60. The minimum atomic E-state index is 0.0506. The summed E-state index contributed by atoms with van der Waals surface area (Å²) in [6.07, 6.45) is 14.7. The zero-order chi connectivity index (χ0) is 18.6. The monoisotopic (exact) mass is 374 g/mol. The van der Waals surface area contributed by atoms with Crippen molar-refractivity contribution >= 4 is 5.78 Å². The Morgan fingerprint density at radius 2 is 1.78 bits per heavy atom. The Kier molecular flexibility index (Phi) is 4.71. The van der Waals surface area contributed by atoms with Crippen molar-refractivity contribution in [3.8, 4) is 0 Å². The van der Waals surface area contributed by atoms with Gasteiger partial charge in [-0.1, -0.05) is 13.8 Å². The smallest absolute Gasteiger partial charge is 0.157 e. The first kappa shape index (κ1) is 18.6. The fraction of sp³-hybridized carbons (Fsp3) is 0.958. The van der Waals surface area contributed by atoms with Crippen LogP contribution >= 0.6 is 0 Å². The summed E-state index contributed by atoms with van der Waals surface area (Å²) in [7, 11) is 0. The van der Waals surface area contributed by atoms with Crippen LogP contribution in [0.25, 0.3) is 0 Å². The molecule has 0 aromatic rings. The van der Waals surface area contributed by atoms with Gasteiger partial charge in [-0.25, -0.2) is 0 Å². The normalized spacial score (nSPS) is 52.7. The largest absolute Gasteiger partial charge is 0.353 e. The minimum absolute atomic E-state index is 0.0506. The number of Topliss-reactive ketones (excluding diaryl/α,β-unsaturated/α-hetero) is 1. The molecule has 0 aromatic carbocycles. The van der Waals surface area contributed by atoms with Gasteiger partial charge in [0.1, 0.15) is 5.78 Å². The molecular formula is C24H38O3. The first-order valence-electron chi connectivity index (χ1n) is 11.8. The van der Waals surface area contributed by atoms with Gasteiger partial charge in [0.2, 0.25) is 0 Å². The summed E-state index contributed by atoms with van der Waals surface area (Å²) >= 11 is 0. The van der Waals surface area contributed by atoms with Crippen LogP contribution in [0.4, 0.5) is 0 Å². The van der Waals surface area contributed by atoms with E-state index in [-0.39, 0.29) is 6.29 Å². The maximum Gasteiger partial charge on any atom is 0.157 e. The molecule has 27 heavy (non-hydrogen) atoms. The number of rotatable bonds is 2. The fourth-order valence-corrected chi connectivity index (χ4v) is 8.22. The van der Waals surface area contributed by atoms with Crippen molar-refractivity contribution in [1.82, 2.24) is 0 Å². The first-order chi connectivity index (χ1) is 13.0. The Morgan fingerprint density at radius 3 is 2.59 bits per heavy atom. The molecule has 0 amide bonds. The van der Waals surface area contributed by atoms with Gasteiger partial charge in [0.25, 0.3) is 0 Å². The molecule has 0 spiro atoms. The number of carbonyl (C=O) groups is 1.